The quantitative estimate of drug-likeness (QED) is 0.890. The van der Waals surface area contributed by atoms with Crippen LogP contribution in [-0.2, 0) is 6.54 Å². The third kappa shape index (κ3) is 3.81. The summed E-state index contributed by atoms with van der Waals surface area (Å²) in [6.45, 7) is 0.490. The first kappa shape index (κ1) is 14.5. The molecule has 2 N–H and O–H groups in total. The van der Waals surface area contributed by atoms with Crippen LogP contribution < -0.4 is 10.6 Å². The summed E-state index contributed by atoms with van der Waals surface area (Å²) in [4.78, 5) is 20.5. The summed E-state index contributed by atoms with van der Waals surface area (Å²) >= 11 is 0. The van der Waals surface area contributed by atoms with E-state index in [1.165, 1.54) is 31.9 Å². The van der Waals surface area contributed by atoms with Gasteiger partial charge in [0.2, 0.25) is 0 Å². The summed E-state index contributed by atoms with van der Waals surface area (Å²) in [7, 11) is 0. The van der Waals surface area contributed by atoms with Gasteiger partial charge < -0.3 is 10.6 Å². The highest BCUT2D eigenvalue weighted by Gasteiger charge is 2.15. The standard InChI is InChI=1S/C17H20N4O/c22-17(20-10-13-6-2-1-3-7-13)15-11-19-16(12-18-15)21-14-8-4-5-9-14/h1-3,6-7,11-12,14H,4-5,8-10H2,(H,19,21)(H,20,22). The number of rotatable bonds is 5. The van der Waals surface area contributed by atoms with Crippen LogP contribution in [-0.4, -0.2) is 21.9 Å². The Morgan fingerprint density at radius 2 is 1.86 bits per heavy atom. The van der Waals surface area contributed by atoms with Gasteiger partial charge in [-0.05, 0) is 18.4 Å². The van der Waals surface area contributed by atoms with Gasteiger partial charge in [0.25, 0.3) is 5.91 Å². The third-order valence-corrected chi connectivity index (χ3v) is 3.89. The van der Waals surface area contributed by atoms with Crippen LogP contribution >= 0.6 is 0 Å². The second-order valence-electron chi connectivity index (χ2n) is 5.58. The molecule has 1 fully saturated rings. The molecule has 0 atom stereocenters. The zero-order valence-electron chi connectivity index (χ0n) is 12.5. The number of anilines is 1. The first-order valence-electron chi connectivity index (χ1n) is 7.72. The monoisotopic (exact) mass is 296 g/mol. The second-order valence-corrected chi connectivity index (χ2v) is 5.58. The smallest absolute Gasteiger partial charge is 0.271 e. The van der Waals surface area contributed by atoms with Crippen molar-refractivity contribution in [1.29, 1.82) is 0 Å². The molecule has 1 aromatic carbocycles. The molecular weight excluding hydrogens is 276 g/mol. The van der Waals surface area contributed by atoms with Crippen molar-refractivity contribution in [3.63, 3.8) is 0 Å². The molecule has 114 valence electrons. The largest absolute Gasteiger partial charge is 0.366 e. The maximum Gasteiger partial charge on any atom is 0.271 e. The Balaban J connectivity index is 1.54. The molecule has 1 aromatic heterocycles. The number of aromatic nitrogens is 2. The van der Waals surface area contributed by atoms with E-state index in [0.29, 0.717) is 18.3 Å². The molecule has 0 bridgehead atoms. The Bertz CT molecular complexity index is 606. The van der Waals surface area contributed by atoms with Crippen molar-refractivity contribution < 1.29 is 4.79 Å². The Hall–Kier alpha value is -2.43. The SMILES string of the molecule is O=C(NCc1ccccc1)c1cnc(NC2CCCC2)cn1. The Labute approximate surface area is 130 Å². The zero-order valence-corrected chi connectivity index (χ0v) is 12.5. The average Bonchev–Trinajstić information content (AvgIpc) is 3.07. The molecular formula is C17H20N4O. The lowest BCUT2D eigenvalue weighted by Crippen LogP contribution is -2.24. The van der Waals surface area contributed by atoms with Gasteiger partial charge in [0.05, 0.1) is 12.4 Å². The van der Waals surface area contributed by atoms with E-state index in [0.717, 1.165) is 11.4 Å². The van der Waals surface area contributed by atoms with Gasteiger partial charge in [-0.15, -0.1) is 0 Å². The Kier molecular flexibility index (Phi) is 4.63. The van der Waals surface area contributed by atoms with Gasteiger partial charge in [0.15, 0.2) is 0 Å². The van der Waals surface area contributed by atoms with E-state index >= 15 is 0 Å². The number of hydrogen-bond acceptors (Lipinski definition) is 4. The predicted octanol–water partition coefficient (Wildman–Crippen LogP) is 2.76. The number of amides is 1. The number of nitrogens with one attached hydrogen (secondary N) is 2. The topological polar surface area (TPSA) is 66.9 Å². The van der Waals surface area contributed by atoms with E-state index in [1.54, 1.807) is 6.20 Å². The molecule has 1 heterocycles. The highest BCUT2D eigenvalue weighted by molar-refractivity contribution is 5.91. The molecule has 5 nitrogen and oxygen atoms in total. The van der Waals surface area contributed by atoms with Gasteiger partial charge in [-0.3, -0.25) is 4.79 Å². The summed E-state index contributed by atoms with van der Waals surface area (Å²) in [5.74, 6) is 0.537. The van der Waals surface area contributed by atoms with Crippen molar-refractivity contribution in [3.8, 4) is 0 Å². The van der Waals surface area contributed by atoms with Crippen molar-refractivity contribution >= 4 is 11.7 Å². The van der Waals surface area contributed by atoms with Gasteiger partial charge in [0, 0.05) is 12.6 Å². The summed E-state index contributed by atoms with van der Waals surface area (Å²) < 4.78 is 0. The number of carbonyl (C=O) groups excluding carboxylic acids is 1. The maximum atomic E-state index is 12.0. The molecule has 0 saturated heterocycles. The third-order valence-electron chi connectivity index (χ3n) is 3.89. The molecule has 3 rings (SSSR count). The minimum Gasteiger partial charge on any atom is -0.366 e. The van der Waals surface area contributed by atoms with Crippen molar-refractivity contribution in [2.45, 2.75) is 38.3 Å². The highest BCUT2D eigenvalue weighted by Crippen LogP contribution is 2.20. The fourth-order valence-corrected chi connectivity index (χ4v) is 2.67. The lowest BCUT2D eigenvalue weighted by Gasteiger charge is -2.12. The molecule has 0 radical (unpaired) electrons. The molecule has 5 heteroatoms. The molecule has 1 amide bonds. The summed E-state index contributed by atoms with van der Waals surface area (Å²) in [6, 6.07) is 10.3. The minimum absolute atomic E-state index is 0.205. The molecule has 0 aliphatic heterocycles. The summed E-state index contributed by atoms with van der Waals surface area (Å²) in [5.41, 5.74) is 1.40. The number of nitrogens with zero attached hydrogens (tertiary/aromatic N) is 2. The molecule has 1 saturated carbocycles. The van der Waals surface area contributed by atoms with Crippen molar-refractivity contribution in [2.75, 3.05) is 5.32 Å². The maximum absolute atomic E-state index is 12.0. The van der Waals surface area contributed by atoms with Crippen LogP contribution in [0.4, 0.5) is 5.82 Å². The predicted molar refractivity (Wildman–Crippen MR) is 85.5 cm³/mol. The second kappa shape index (κ2) is 7.02. The lowest BCUT2D eigenvalue weighted by molar-refractivity contribution is 0.0945. The number of carbonyl (C=O) groups is 1. The van der Waals surface area contributed by atoms with Crippen LogP contribution in [0.15, 0.2) is 42.7 Å². The Morgan fingerprint density at radius 1 is 1.09 bits per heavy atom. The van der Waals surface area contributed by atoms with E-state index in [2.05, 4.69) is 20.6 Å². The van der Waals surface area contributed by atoms with Gasteiger partial charge in [-0.25, -0.2) is 9.97 Å². The van der Waals surface area contributed by atoms with E-state index in [-0.39, 0.29) is 5.91 Å². The fraction of sp³-hybridized carbons (Fsp3) is 0.353. The van der Waals surface area contributed by atoms with Crippen molar-refractivity contribution in [2.24, 2.45) is 0 Å². The molecule has 1 aliphatic carbocycles. The minimum atomic E-state index is -0.205. The van der Waals surface area contributed by atoms with E-state index in [9.17, 15) is 4.79 Å². The van der Waals surface area contributed by atoms with Crippen LogP contribution in [0, 0.1) is 0 Å². The summed E-state index contributed by atoms with van der Waals surface area (Å²) in [5, 5.41) is 6.21. The average molecular weight is 296 g/mol. The number of hydrogen-bond donors (Lipinski definition) is 2. The van der Waals surface area contributed by atoms with E-state index in [4.69, 9.17) is 0 Å². The normalized spacial score (nSPS) is 14.7. The zero-order chi connectivity index (χ0) is 15.2. The van der Waals surface area contributed by atoms with Crippen LogP contribution in [0.5, 0.6) is 0 Å². The lowest BCUT2D eigenvalue weighted by atomic mass is 10.2. The van der Waals surface area contributed by atoms with Gasteiger partial charge >= 0.3 is 0 Å². The van der Waals surface area contributed by atoms with Crippen LogP contribution in [0.2, 0.25) is 0 Å². The van der Waals surface area contributed by atoms with Gasteiger partial charge in [-0.2, -0.15) is 0 Å². The van der Waals surface area contributed by atoms with Gasteiger partial charge in [-0.1, -0.05) is 43.2 Å². The molecule has 22 heavy (non-hydrogen) atoms. The molecule has 0 unspecified atom stereocenters. The van der Waals surface area contributed by atoms with Crippen LogP contribution in [0.1, 0.15) is 41.7 Å². The van der Waals surface area contributed by atoms with Crippen LogP contribution in [0.3, 0.4) is 0 Å². The molecule has 0 spiro atoms. The Morgan fingerprint density at radius 3 is 2.55 bits per heavy atom. The van der Waals surface area contributed by atoms with Crippen molar-refractivity contribution in [1.82, 2.24) is 15.3 Å². The summed E-state index contributed by atoms with van der Waals surface area (Å²) in [6.07, 6.45) is 8.06. The van der Waals surface area contributed by atoms with Crippen LogP contribution in [0.25, 0.3) is 0 Å². The van der Waals surface area contributed by atoms with E-state index < -0.39 is 0 Å². The fourth-order valence-electron chi connectivity index (χ4n) is 2.67. The number of benzene rings is 1. The molecule has 1 aliphatic rings. The first-order valence-corrected chi connectivity index (χ1v) is 7.72. The van der Waals surface area contributed by atoms with Crippen molar-refractivity contribution in [3.05, 3.63) is 54.0 Å². The molecule has 2 aromatic rings. The van der Waals surface area contributed by atoms with E-state index in [1.807, 2.05) is 30.3 Å². The van der Waals surface area contributed by atoms with Gasteiger partial charge in [0.1, 0.15) is 11.5 Å². The highest BCUT2D eigenvalue weighted by atomic mass is 16.1. The first-order chi connectivity index (χ1) is 10.8.